The molecule has 0 spiro atoms. The topological polar surface area (TPSA) is 56.7 Å². The third kappa shape index (κ3) is 5.56. The van der Waals surface area contributed by atoms with Gasteiger partial charge in [0.15, 0.2) is 0 Å². The highest BCUT2D eigenvalue weighted by Crippen LogP contribution is 2.42. The summed E-state index contributed by atoms with van der Waals surface area (Å²) in [5.74, 6) is 0.791. The quantitative estimate of drug-likeness (QED) is 0.410. The number of benzene rings is 2. The van der Waals surface area contributed by atoms with Gasteiger partial charge in [-0.3, -0.25) is 9.69 Å². The minimum absolute atomic E-state index is 0.0969. The summed E-state index contributed by atoms with van der Waals surface area (Å²) in [5.41, 5.74) is 1.93. The number of aryl methyl sites for hydroxylation is 1. The van der Waals surface area contributed by atoms with Crippen molar-refractivity contribution in [1.29, 1.82) is 0 Å². The monoisotopic (exact) mass is 537 g/mol. The Labute approximate surface area is 229 Å². The van der Waals surface area contributed by atoms with Gasteiger partial charge >= 0.3 is 0 Å². The van der Waals surface area contributed by atoms with Crippen LogP contribution in [-0.2, 0) is 15.8 Å². The second-order valence-corrected chi connectivity index (χ2v) is 11.3. The molecule has 1 amide bonds. The van der Waals surface area contributed by atoms with E-state index in [4.69, 9.17) is 23.2 Å². The first-order valence-electron chi connectivity index (χ1n) is 13.0. The van der Waals surface area contributed by atoms with Crippen LogP contribution >= 0.6 is 23.2 Å². The zero-order valence-corrected chi connectivity index (χ0v) is 22.7. The standard InChI is InChI=1S/C30H33Cl2N3O2/c1-22-6-5-9-27(33-22)35-21-29(13-12-28(35)36,24-10-11-25(31)26(32)20-24)14-17-34-18-15-30(37,16-19-34)23-7-3-2-4-8-23/h2-11,20,37H,12-19,21H2,1H3/t29-/m1/s1. The Bertz CT molecular complexity index is 1260. The van der Waals surface area contributed by atoms with E-state index in [1.807, 2.05) is 72.5 Å². The number of carbonyl (C=O) groups excluding carboxylic acids is 1. The number of piperidine rings is 2. The highest BCUT2D eigenvalue weighted by atomic mass is 35.5. The Kier molecular flexibility index (Phi) is 7.60. The molecule has 1 atom stereocenters. The molecular formula is C30H33Cl2N3O2. The summed E-state index contributed by atoms with van der Waals surface area (Å²) in [5, 5.41) is 12.3. The van der Waals surface area contributed by atoms with Gasteiger partial charge in [0.25, 0.3) is 0 Å². The lowest BCUT2D eigenvalue weighted by Crippen LogP contribution is -2.51. The van der Waals surface area contributed by atoms with Crippen LogP contribution in [0.3, 0.4) is 0 Å². The Morgan fingerprint density at radius 1 is 0.919 bits per heavy atom. The third-order valence-corrected chi connectivity index (χ3v) is 8.90. The number of aromatic nitrogens is 1. The van der Waals surface area contributed by atoms with E-state index in [1.54, 1.807) is 0 Å². The molecule has 37 heavy (non-hydrogen) atoms. The molecule has 3 aromatic rings. The lowest BCUT2D eigenvalue weighted by molar-refractivity contribution is -0.120. The Balaban J connectivity index is 1.37. The number of anilines is 1. The molecule has 3 heterocycles. The molecule has 7 heteroatoms. The molecule has 0 unspecified atom stereocenters. The fraction of sp³-hybridized carbons (Fsp3) is 0.400. The molecule has 1 N–H and O–H groups in total. The van der Waals surface area contributed by atoms with E-state index in [1.165, 1.54) is 0 Å². The van der Waals surface area contributed by atoms with Gasteiger partial charge in [0, 0.05) is 37.2 Å². The first-order chi connectivity index (χ1) is 17.8. The molecule has 194 valence electrons. The molecule has 0 bridgehead atoms. The average molecular weight is 539 g/mol. The molecule has 2 saturated heterocycles. The van der Waals surface area contributed by atoms with E-state index in [0.29, 0.717) is 41.7 Å². The molecule has 0 saturated carbocycles. The molecule has 2 aromatic carbocycles. The van der Waals surface area contributed by atoms with Crippen LogP contribution in [0.5, 0.6) is 0 Å². The summed E-state index contributed by atoms with van der Waals surface area (Å²) in [6.07, 6.45) is 3.46. The van der Waals surface area contributed by atoms with Gasteiger partial charge in [-0.15, -0.1) is 0 Å². The van der Waals surface area contributed by atoms with Crippen molar-refractivity contribution >= 4 is 34.9 Å². The van der Waals surface area contributed by atoms with Crippen molar-refractivity contribution in [2.24, 2.45) is 0 Å². The third-order valence-electron chi connectivity index (χ3n) is 8.16. The molecule has 2 fully saturated rings. The van der Waals surface area contributed by atoms with Gasteiger partial charge in [-0.1, -0.05) is 65.7 Å². The number of aliphatic hydroxyl groups is 1. The number of hydrogen-bond donors (Lipinski definition) is 1. The van der Waals surface area contributed by atoms with Crippen molar-refractivity contribution in [1.82, 2.24) is 9.88 Å². The number of rotatable bonds is 6. The summed E-state index contributed by atoms with van der Waals surface area (Å²) < 4.78 is 0. The second kappa shape index (κ2) is 10.7. The van der Waals surface area contributed by atoms with Crippen LogP contribution in [0.2, 0.25) is 10.0 Å². The van der Waals surface area contributed by atoms with Crippen LogP contribution in [0.1, 0.15) is 48.9 Å². The molecule has 0 aliphatic carbocycles. The van der Waals surface area contributed by atoms with Crippen LogP contribution in [0.15, 0.2) is 66.7 Å². The maximum atomic E-state index is 13.1. The van der Waals surface area contributed by atoms with Crippen LogP contribution < -0.4 is 4.90 Å². The number of likely N-dealkylation sites (tertiary alicyclic amines) is 1. The Morgan fingerprint density at radius 2 is 1.68 bits per heavy atom. The van der Waals surface area contributed by atoms with E-state index in [2.05, 4.69) is 16.0 Å². The van der Waals surface area contributed by atoms with Gasteiger partial charge in [-0.2, -0.15) is 0 Å². The number of carbonyl (C=O) groups is 1. The van der Waals surface area contributed by atoms with Gasteiger partial charge in [0.1, 0.15) is 5.82 Å². The van der Waals surface area contributed by atoms with Gasteiger partial charge in [0.05, 0.1) is 15.6 Å². The van der Waals surface area contributed by atoms with Crippen molar-refractivity contribution in [2.45, 2.75) is 50.0 Å². The van der Waals surface area contributed by atoms with E-state index in [0.717, 1.165) is 49.3 Å². The van der Waals surface area contributed by atoms with Crippen LogP contribution in [0, 0.1) is 6.92 Å². The molecule has 2 aliphatic rings. The molecule has 2 aliphatic heterocycles. The van der Waals surface area contributed by atoms with Crippen molar-refractivity contribution in [3.63, 3.8) is 0 Å². The minimum atomic E-state index is -0.774. The van der Waals surface area contributed by atoms with Crippen molar-refractivity contribution in [3.8, 4) is 0 Å². The zero-order chi connectivity index (χ0) is 26.0. The predicted molar refractivity (Wildman–Crippen MR) is 149 cm³/mol. The van der Waals surface area contributed by atoms with Gasteiger partial charge in [-0.05, 0) is 74.5 Å². The fourth-order valence-corrected chi connectivity index (χ4v) is 6.10. The summed E-state index contributed by atoms with van der Waals surface area (Å²) in [4.78, 5) is 22.0. The largest absolute Gasteiger partial charge is 0.385 e. The Morgan fingerprint density at radius 3 is 2.38 bits per heavy atom. The average Bonchev–Trinajstić information content (AvgIpc) is 2.91. The van der Waals surface area contributed by atoms with Crippen LogP contribution in [0.25, 0.3) is 0 Å². The maximum Gasteiger partial charge on any atom is 0.228 e. The minimum Gasteiger partial charge on any atom is -0.385 e. The van der Waals surface area contributed by atoms with E-state index < -0.39 is 5.60 Å². The molecule has 0 radical (unpaired) electrons. The number of amides is 1. The fourth-order valence-electron chi connectivity index (χ4n) is 5.80. The summed E-state index contributed by atoms with van der Waals surface area (Å²) in [7, 11) is 0. The van der Waals surface area contributed by atoms with Crippen LogP contribution in [-0.4, -0.2) is 47.1 Å². The van der Waals surface area contributed by atoms with E-state index in [-0.39, 0.29) is 11.3 Å². The van der Waals surface area contributed by atoms with Gasteiger partial charge in [0.2, 0.25) is 5.91 Å². The van der Waals surface area contributed by atoms with Crippen molar-refractivity contribution < 1.29 is 9.90 Å². The molecule has 1 aromatic heterocycles. The number of halogens is 2. The number of nitrogens with zero attached hydrogens (tertiary/aromatic N) is 3. The maximum absolute atomic E-state index is 13.1. The first kappa shape index (κ1) is 26.2. The summed E-state index contributed by atoms with van der Waals surface area (Å²) in [6.45, 7) is 5.00. The van der Waals surface area contributed by atoms with E-state index in [9.17, 15) is 9.90 Å². The van der Waals surface area contributed by atoms with Gasteiger partial charge in [-0.25, -0.2) is 4.98 Å². The number of pyridine rings is 1. The first-order valence-corrected chi connectivity index (χ1v) is 13.7. The smallest absolute Gasteiger partial charge is 0.228 e. The van der Waals surface area contributed by atoms with Gasteiger partial charge < -0.3 is 10.0 Å². The summed E-state index contributed by atoms with van der Waals surface area (Å²) in [6, 6.07) is 21.7. The normalized spacial score (nSPS) is 22.3. The Hall–Kier alpha value is -2.44. The highest BCUT2D eigenvalue weighted by Gasteiger charge is 2.42. The molecular weight excluding hydrogens is 505 g/mol. The van der Waals surface area contributed by atoms with Crippen molar-refractivity contribution in [3.05, 3.63) is 93.6 Å². The zero-order valence-electron chi connectivity index (χ0n) is 21.2. The number of hydrogen-bond acceptors (Lipinski definition) is 4. The lowest BCUT2D eigenvalue weighted by atomic mass is 9.71. The lowest BCUT2D eigenvalue weighted by Gasteiger charge is -2.45. The predicted octanol–water partition coefficient (Wildman–Crippen LogP) is 6.14. The van der Waals surface area contributed by atoms with E-state index >= 15 is 0 Å². The highest BCUT2D eigenvalue weighted by molar-refractivity contribution is 6.42. The van der Waals surface area contributed by atoms with Crippen molar-refractivity contribution in [2.75, 3.05) is 31.1 Å². The van der Waals surface area contributed by atoms with Crippen LogP contribution in [0.4, 0.5) is 5.82 Å². The molecule has 5 rings (SSSR count). The SMILES string of the molecule is Cc1cccc(N2C[C@@](CCN3CCC(O)(c4ccccc4)CC3)(c3ccc(Cl)c(Cl)c3)CCC2=O)n1. The molecule has 5 nitrogen and oxygen atoms in total. The second-order valence-electron chi connectivity index (χ2n) is 10.5. The summed E-state index contributed by atoms with van der Waals surface area (Å²) >= 11 is 12.7.